The molecule has 0 spiro atoms. The smallest absolute Gasteiger partial charge is 0.150 e. The van der Waals surface area contributed by atoms with Gasteiger partial charge in [-0.05, 0) is 26.2 Å². The topological polar surface area (TPSA) is 27.1 Å². The quantitative estimate of drug-likeness (QED) is 0.778. The van der Waals surface area contributed by atoms with Gasteiger partial charge in [0.15, 0.2) is 6.23 Å². The summed E-state index contributed by atoms with van der Waals surface area (Å²) >= 11 is 0. The highest BCUT2D eigenvalue weighted by Gasteiger charge is 2.21. The Hall–Kier alpha value is -1.49. The lowest BCUT2D eigenvalue weighted by Gasteiger charge is -2.23. The van der Waals surface area contributed by atoms with Crippen molar-refractivity contribution in [1.29, 1.82) is 0 Å². The van der Waals surface area contributed by atoms with Crippen LogP contribution in [0.5, 0.6) is 0 Å². The Morgan fingerprint density at radius 2 is 2.22 bits per heavy atom. The number of aromatic nitrogens is 2. The van der Waals surface area contributed by atoms with Crippen LogP contribution in [0.4, 0.5) is 8.78 Å². The van der Waals surface area contributed by atoms with E-state index < -0.39 is 11.6 Å². The summed E-state index contributed by atoms with van der Waals surface area (Å²) in [7, 11) is 0. The summed E-state index contributed by atoms with van der Waals surface area (Å²) < 4.78 is 34.7. The van der Waals surface area contributed by atoms with E-state index in [0.29, 0.717) is 17.5 Å². The molecule has 1 aromatic carbocycles. The third-order valence-electron chi connectivity index (χ3n) is 3.45. The van der Waals surface area contributed by atoms with Crippen molar-refractivity contribution in [2.45, 2.75) is 32.4 Å². The Morgan fingerprint density at radius 1 is 1.39 bits per heavy atom. The van der Waals surface area contributed by atoms with Crippen molar-refractivity contribution in [1.82, 2.24) is 9.78 Å². The summed E-state index contributed by atoms with van der Waals surface area (Å²) in [6.45, 7) is 2.10. The lowest BCUT2D eigenvalue weighted by molar-refractivity contribution is -0.0367. The van der Waals surface area contributed by atoms with Crippen molar-refractivity contribution in [3.8, 4) is 0 Å². The molecule has 3 rings (SSSR count). The molecule has 1 aromatic heterocycles. The highest BCUT2D eigenvalue weighted by molar-refractivity contribution is 5.80. The summed E-state index contributed by atoms with van der Waals surface area (Å²) in [6.07, 6.45) is 4.13. The zero-order valence-electron chi connectivity index (χ0n) is 10.1. The Balaban J connectivity index is 2.13. The number of halogens is 2. The minimum atomic E-state index is -0.544. The van der Waals surface area contributed by atoms with Crippen molar-refractivity contribution < 1.29 is 13.5 Å². The van der Waals surface area contributed by atoms with Crippen molar-refractivity contribution in [3.63, 3.8) is 0 Å². The van der Waals surface area contributed by atoms with Crippen molar-refractivity contribution in [3.05, 3.63) is 29.5 Å². The molecular weight excluding hydrogens is 238 g/mol. The van der Waals surface area contributed by atoms with E-state index in [1.165, 1.54) is 19.2 Å². The monoisotopic (exact) mass is 252 g/mol. The van der Waals surface area contributed by atoms with Gasteiger partial charge in [-0.2, -0.15) is 5.10 Å². The van der Waals surface area contributed by atoms with E-state index in [4.69, 9.17) is 4.74 Å². The number of fused-ring (bicyclic) bond motifs is 1. The number of benzene rings is 1. The van der Waals surface area contributed by atoms with Gasteiger partial charge in [-0.1, -0.05) is 0 Å². The second-order valence-electron chi connectivity index (χ2n) is 4.64. The fourth-order valence-corrected chi connectivity index (χ4v) is 2.37. The van der Waals surface area contributed by atoms with Crippen LogP contribution in [0.1, 0.15) is 31.1 Å². The molecule has 0 aliphatic carbocycles. The average molecular weight is 252 g/mol. The van der Waals surface area contributed by atoms with E-state index >= 15 is 0 Å². The summed E-state index contributed by atoms with van der Waals surface area (Å²) in [4.78, 5) is 0. The van der Waals surface area contributed by atoms with Gasteiger partial charge in [0.25, 0.3) is 0 Å². The second kappa shape index (κ2) is 4.31. The van der Waals surface area contributed by atoms with E-state index in [0.717, 1.165) is 19.3 Å². The normalized spacial score (nSPS) is 20.5. The van der Waals surface area contributed by atoms with E-state index in [2.05, 4.69) is 5.10 Å². The number of rotatable bonds is 1. The number of ether oxygens (including phenoxy) is 1. The van der Waals surface area contributed by atoms with Crippen LogP contribution >= 0.6 is 0 Å². The molecule has 0 N–H and O–H groups in total. The zero-order chi connectivity index (χ0) is 12.7. The molecule has 5 heteroatoms. The Bertz CT molecular complexity index is 588. The molecule has 0 amide bonds. The molecule has 0 bridgehead atoms. The first kappa shape index (κ1) is 11.6. The van der Waals surface area contributed by atoms with Crippen LogP contribution in [0.25, 0.3) is 10.9 Å². The minimum absolute atomic E-state index is 0.0339. The van der Waals surface area contributed by atoms with Crippen LogP contribution in [0, 0.1) is 18.6 Å². The third-order valence-corrected chi connectivity index (χ3v) is 3.45. The van der Waals surface area contributed by atoms with E-state index in [-0.39, 0.29) is 11.8 Å². The van der Waals surface area contributed by atoms with Gasteiger partial charge < -0.3 is 4.74 Å². The van der Waals surface area contributed by atoms with Gasteiger partial charge in [0.1, 0.15) is 11.6 Å². The molecule has 96 valence electrons. The molecule has 1 saturated heterocycles. The van der Waals surface area contributed by atoms with Gasteiger partial charge in [0.2, 0.25) is 0 Å². The Kier molecular flexibility index (Phi) is 2.78. The fraction of sp³-hybridized carbons (Fsp3) is 0.462. The molecule has 1 atom stereocenters. The van der Waals surface area contributed by atoms with Crippen molar-refractivity contribution in [2.24, 2.45) is 0 Å². The zero-order valence-corrected chi connectivity index (χ0v) is 10.1. The summed E-state index contributed by atoms with van der Waals surface area (Å²) in [6, 6.07) is 1.33. The van der Waals surface area contributed by atoms with Gasteiger partial charge in [-0.15, -0.1) is 0 Å². The van der Waals surface area contributed by atoms with Gasteiger partial charge in [0.05, 0.1) is 17.1 Å². The number of hydrogen-bond acceptors (Lipinski definition) is 2. The standard InChI is InChI=1S/C13H14F2N2O/c1-8-10(14)6-11-9(13(8)15)7-16-17(11)12-4-2-3-5-18-12/h6-7,12H,2-5H2,1H3. The largest absolute Gasteiger partial charge is 0.356 e. The molecule has 2 aromatic rings. The van der Waals surface area contributed by atoms with Crippen LogP contribution in [-0.2, 0) is 4.74 Å². The molecule has 3 nitrogen and oxygen atoms in total. The second-order valence-corrected chi connectivity index (χ2v) is 4.64. The first-order valence-corrected chi connectivity index (χ1v) is 6.12. The molecule has 1 unspecified atom stereocenters. The van der Waals surface area contributed by atoms with Crippen LogP contribution in [0.15, 0.2) is 12.3 Å². The lowest BCUT2D eigenvalue weighted by atomic mass is 10.1. The summed E-state index contributed by atoms with van der Waals surface area (Å²) in [5, 5.41) is 4.50. The number of hydrogen-bond donors (Lipinski definition) is 0. The fourth-order valence-electron chi connectivity index (χ4n) is 2.37. The first-order valence-electron chi connectivity index (χ1n) is 6.12. The Labute approximate surface area is 103 Å². The average Bonchev–Trinajstić information content (AvgIpc) is 2.81. The van der Waals surface area contributed by atoms with Crippen molar-refractivity contribution >= 4 is 10.9 Å². The molecule has 18 heavy (non-hydrogen) atoms. The summed E-state index contributed by atoms with van der Waals surface area (Å²) in [5.74, 6) is -1.08. The predicted octanol–water partition coefficient (Wildman–Crippen LogP) is 3.32. The van der Waals surface area contributed by atoms with Crippen molar-refractivity contribution in [2.75, 3.05) is 6.61 Å². The molecular formula is C13H14F2N2O. The number of nitrogens with zero attached hydrogens (tertiary/aromatic N) is 2. The first-order chi connectivity index (χ1) is 8.68. The summed E-state index contributed by atoms with van der Waals surface area (Å²) in [5.41, 5.74) is 0.495. The van der Waals surface area contributed by atoms with Gasteiger partial charge in [0, 0.05) is 18.2 Å². The van der Waals surface area contributed by atoms with E-state index in [1.807, 2.05) is 0 Å². The lowest BCUT2D eigenvalue weighted by Crippen LogP contribution is -2.19. The van der Waals surface area contributed by atoms with Gasteiger partial charge >= 0.3 is 0 Å². The molecule has 1 aliphatic heterocycles. The maximum absolute atomic E-state index is 13.9. The predicted molar refractivity (Wildman–Crippen MR) is 63.2 cm³/mol. The SMILES string of the molecule is Cc1c(F)cc2c(cnn2C2CCCCO2)c1F. The van der Waals surface area contributed by atoms with Gasteiger partial charge in [-0.25, -0.2) is 13.5 Å². The molecule has 1 aliphatic rings. The van der Waals surface area contributed by atoms with E-state index in [1.54, 1.807) is 4.68 Å². The van der Waals surface area contributed by atoms with E-state index in [9.17, 15) is 8.78 Å². The van der Waals surface area contributed by atoms with Crippen LogP contribution in [-0.4, -0.2) is 16.4 Å². The molecule has 2 heterocycles. The van der Waals surface area contributed by atoms with Crippen LogP contribution in [0.2, 0.25) is 0 Å². The van der Waals surface area contributed by atoms with Crippen LogP contribution < -0.4 is 0 Å². The maximum atomic E-state index is 13.9. The van der Waals surface area contributed by atoms with Gasteiger partial charge in [-0.3, -0.25) is 0 Å². The van der Waals surface area contributed by atoms with Crippen LogP contribution in [0.3, 0.4) is 0 Å². The Morgan fingerprint density at radius 3 is 2.94 bits per heavy atom. The maximum Gasteiger partial charge on any atom is 0.150 e. The highest BCUT2D eigenvalue weighted by atomic mass is 19.1. The molecule has 1 fully saturated rings. The third kappa shape index (κ3) is 1.70. The molecule has 0 saturated carbocycles. The minimum Gasteiger partial charge on any atom is -0.356 e. The molecule has 0 radical (unpaired) electrons. The highest BCUT2D eigenvalue weighted by Crippen LogP contribution is 2.29.